The maximum atomic E-state index is 12.4. The Morgan fingerprint density at radius 1 is 1.24 bits per heavy atom. The van der Waals surface area contributed by atoms with Crippen molar-refractivity contribution in [3.63, 3.8) is 0 Å². The predicted octanol–water partition coefficient (Wildman–Crippen LogP) is 4.28. The molecule has 21 heavy (non-hydrogen) atoms. The Labute approximate surface area is 133 Å². The van der Waals surface area contributed by atoms with E-state index in [4.69, 9.17) is 23.2 Å². The number of para-hydroxylation sites is 1. The molecular weight excluding hydrogens is 307 g/mol. The van der Waals surface area contributed by atoms with Crippen molar-refractivity contribution in [1.82, 2.24) is 0 Å². The highest BCUT2D eigenvalue weighted by Gasteiger charge is 2.27. The van der Waals surface area contributed by atoms with Gasteiger partial charge in [0, 0.05) is 12.1 Å². The standard InChI is InChI=1S/C16H14Cl2N2O/c1-9-6-7-11(17)15(14(9)18)20-16(21)13-8-10-4-2-3-5-12(10)19-13/h2-7,13,19H,8H2,1H3,(H,20,21)/t13-/m0/s1. The van der Waals surface area contributed by atoms with Crippen molar-refractivity contribution in [1.29, 1.82) is 0 Å². The second kappa shape index (κ2) is 5.58. The lowest BCUT2D eigenvalue weighted by molar-refractivity contribution is -0.116. The van der Waals surface area contributed by atoms with Gasteiger partial charge in [-0.1, -0.05) is 47.5 Å². The number of aryl methyl sites for hydroxylation is 1. The topological polar surface area (TPSA) is 41.1 Å². The fourth-order valence-electron chi connectivity index (χ4n) is 2.44. The molecule has 1 atom stereocenters. The lowest BCUT2D eigenvalue weighted by atomic mass is 10.1. The van der Waals surface area contributed by atoms with Gasteiger partial charge in [-0.05, 0) is 30.2 Å². The molecule has 0 spiro atoms. The first-order valence-electron chi connectivity index (χ1n) is 6.66. The van der Waals surface area contributed by atoms with E-state index in [0.717, 1.165) is 16.8 Å². The molecule has 0 saturated heterocycles. The van der Waals surface area contributed by atoms with Crippen molar-refractivity contribution < 1.29 is 4.79 Å². The summed E-state index contributed by atoms with van der Waals surface area (Å²) in [6.45, 7) is 1.87. The number of nitrogens with one attached hydrogen (secondary N) is 2. The Bertz CT molecular complexity index is 690. The van der Waals surface area contributed by atoms with E-state index >= 15 is 0 Å². The molecule has 2 N–H and O–H groups in total. The van der Waals surface area contributed by atoms with Crippen LogP contribution in [0, 0.1) is 6.92 Å². The third-order valence-corrected chi connectivity index (χ3v) is 4.42. The van der Waals surface area contributed by atoms with Crippen LogP contribution in [-0.2, 0) is 11.2 Å². The van der Waals surface area contributed by atoms with Crippen LogP contribution in [0.25, 0.3) is 0 Å². The molecule has 0 unspecified atom stereocenters. The number of amides is 1. The molecule has 0 bridgehead atoms. The number of rotatable bonds is 2. The average molecular weight is 321 g/mol. The number of halogens is 2. The molecular formula is C16H14Cl2N2O. The number of carbonyl (C=O) groups is 1. The van der Waals surface area contributed by atoms with Crippen LogP contribution in [0.5, 0.6) is 0 Å². The molecule has 5 heteroatoms. The van der Waals surface area contributed by atoms with Crippen LogP contribution in [0.4, 0.5) is 11.4 Å². The predicted molar refractivity (Wildman–Crippen MR) is 87.4 cm³/mol. The summed E-state index contributed by atoms with van der Waals surface area (Å²) in [6, 6.07) is 11.1. The van der Waals surface area contributed by atoms with Crippen LogP contribution in [0.3, 0.4) is 0 Å². The summed E-state index contributed by atoms with van der Waals surface area (Å²) in [5, 5.41) is 6.96. The SMILES string of the molecule is Cc1ccc(Cl)c(NC(=O)[C@@H]2Cc3ccccc3N2)c1Cl. The smallest absolute Gasteiger partial charge is 0.247 e. The summed E-state index contributed by atoms with van der Waals surface area (Å²) in [5.41, 5.74) is 3.48. The summed E-state index contributed by atoms with van der Waals surface area (Å²) in [5.74, 6) is -0.138. The van der Waals surface area contributed by atoms with Gasteiger partial charge in [-0.3, -0.25) is 4.79 Å². The number of benzene rings is 2. The van der Waals surface area contributed by atoms with Crippen molar-refractivity contribution in [3.05, 3.63) is 57.6 Å². The molecule has 2 aromatic rings. The van der Waals surface area contributed by atoms with E-state index in [-0.39, 0.29) is 11.9 Å². The maximum absolute atomic E-state index is 12.4. The lowest BCUT2D eigenvalue weighted by Gasteiger charge is -2.15. The van der Waals surface area contributed by atoms with Gasteiger partial charge < -0.3 is 10.6 Å². The Morgan fingerprint density at radius 2 is 2.00 bits per heavy atom. The van der Waals surface area contributed by atoms with Gasteiger partial charge in [-0.2, -0.15) is 0 Å². The highest BCUT2D eigenvalue weighted by molar-refractivity contribution is 6.40. The zero-order chi connectivity index (χ0) is 15.0. The Balaban J connectivity index is 1.79. The van der Waals surface area contributed by atoms with Gasteiger partial charge in [-0.25, -0.2) is 0 Å². The van der Waals surface area contributed by atoms with Crippen LogP contribution in [-0.4, -0.2) is 11.9 Å². The fraction of sp³-hybridized carbons (Fsp3) is 0.188. The molecule has 0 aromatic heterocycles. The Morgan fingerprint density at radius 3 is 2.76 bits per heavy atom. The lowest BCUT2D eigenvalue weighted by Crippen LogP contribution is -2.33. The van der Waals surface area contributed by atoms with Crippen LogP contribution >= 0.6 is 23.2 Å². The minimum Gasteiger partial charge on any atom is -0.373 e. The molecule has 1 amide bonds. The quantitative estimate of drug-likeness (QED) is 0.867. The highest BCUT2D eigenvalue weighted by atomic mass is 35.5. The third-order valence-electron chi connectivity index (χ3n) is 3.62. The molecule has 0 aliphatic carbocycles. The number of fused-ring (bicyclic) bond motifs is 1. The summed E-state index contributed by atoms with van der Waals surface area (Å²) in [6.07, 6.45) is 0.656. The summed E-state index contributed by atoms with van der Waals surface area (Å²) in [4.78, 5) is 12.4. The van der Waals surface area contributed by atoms with E-state index in [1.807, 2.05) is 37.3 Å². The van der Waals surface area contributed by atoms with Crippen molar-refractivity contribution in [3.8, 4) is 0 Å². The van der Waals surface area contributed by atoms with Gasteiger partial charge >= 0.3 is 0 Å². The van der Waals surface area contributed by atoms with Gasteiger partial charge in [-0.15, -0.1) is 0 Å². The fourth-order valence-corrected chi connectivity index (χ4v) is 2.90. The molecule has 3 nitrogen and oxygen atoms in total. The molecule has 0 fully saturated rings. The van der Waals surface area contributed by atoms with Gasteiger partial charge in [0.2, 0.25) is 5.91 Å². The largest absolute Gasteiger partial charge is 0.373 e. The van der Waals surface area contributed by atoms with E-state index in [2.05, 4.69) is 10.6 Å². The Kier molecular flexibility index (Phi) is 3.79. The molecule has 1 heterocycles. The first kappa shape index (κ1) is 14.2. The third kappa shape index (κ3) is 2.71. The Hall–Kier alpha value is -1.71. The first-order chi connectivity index (χ1) is 10.1. The second-order valence-electron chi connectivity index (χ2n) is 5.10. The van der Waals surface area contributed by atoms with E-state index in [9.17, 15) is 4.79 Å². The van der Waals surface area contributed by atoms with Gasteiger partial charge in [0.25, 0.3) is 0 Å². The second-order valence-corrected chi connectivity index (χ2v) is 5.89. The van der Waals surface area contributed by atoms with Crippen LogP contribution < -0.4 is 10.6 Å². The van der Waals surface area contributed by atoms with Crippen molar-refractivity contribution in [2.24, 2.45) is 0 Å². The van der Waals surface area contributed by atoms with Crippen molar-refractivity contribution >= 4 is 40.5 Å². The molecule has 0 saturated carbocycles. The zero-order valence-corrected chi connectivity index (χ0v) is 12.9. The van der Waals surface area contributed by atoms with E-state index in [0.29, 0.717) is 22.2 Å². The molecule has 3 rings (SSSR count). The molecule has 1 aliphatic heterocycles. The molecule has 2 aromatic carbocycles. The van der Waals surface area contributed by atoms with E-state index < -0.39 is 0 Å². The molecule has 0 radical (unpaired) electrons. The van der Waals surface area contributed by atoms with Crippen molar-refractivity contribution in [2.75, 3.05) is 10.6 Å². The van der Waals surface area contributed by atoms with Gasteiger partial charge in [0.05, 0.1) is 15.7 Å². The van der Waals surface area contributed by atoms with Crippen LogP contribution in [0.1, 0.15) is 11.1 Å². The molecule has 1 aliphatic rings. The maximum Gasteiger partial charge on any atom is 0.247 e. The normalized spacial score (nSPS) is 16.2. The minimum atomic E-state index is -0.310. The minimum absolute atomic E-state index is 0.138. The van der Waals surface area contributed by atoms with Crippen molar-refractivity contribution in [2.45, 2.75) is 19.4 Å². The van der Waals surface area contributed by atoms with Crippen LogP contribution in [0.2, 0.25) is 10.0 Å². The highest BCUT2D eigenvalue weighted by Crippen LogP contribution is 2.33. The van der Waals surface area contributed by atoms with Gasteiger partial charge in [0.1, 0.15) is 6.04 Å². The number of carbonyl (C=O) groups excluding carboxylic acids is 1. The van der Waals surface area contributed by atoms with E-state index in [1.165, 1.54) is 0 Å². The van der Waals surface area contributed by atoms with E-state index in [1.54, 1.807) is 6.07 Å². The van der Waals surface area contributed by atoms with Gasteiger partial charge in [0.15, 0.2) is 0 Å². The monoisotopic (exact) mass is 320 g/mol. The first-order valence-corrected chi connectivity index (χ1v) is 7.42. The average Bonchev–Trinajstić information content (AvgIpc) is 2.91. The number of hydrogen-bond acceptors (Lipinski definition) is 2. The summed E-state index contributed by atoms with van der Waals surface area (Å²) >= 11 is 12.3. The number of hydrogen-bond donors (Lipinski definition) is 2. The zero-order valence-electron chi connectivity index (χ0n) is 11.4. The summed E-state index contributed by atoms with van der Waals surface area (Å²) < 4.78 is 0. The van der Waals surface area contributed by atoms with Crippen LogP contribution in [0.15, 0.2) is 36.4 Å². The molecule has 108 valence electrons. The number of anilines is 2. The summed E-state index contributed by atoms with van der Waals surface area (Å²) in [7, 11) is 0.